The standard InChI is InChI=1S/C34H27N5O2/c1-40-27-19-18-26(20-28(27)41-2)32-36-34-30-29(24-14-8-4-9-15-24)31(25-16-10-5-11-17-25)38(21-23-12-6-3-7-13-23)33(30)35-22-39(34)37-32/h3-20,22H,21H2,1-2H3. The van der Waals surface area contributed by atoms with Crippen molar-refractivity contribution in [1.82, 2.24) is 24.1 Å². The Hall–Kier alpha value is -5.43. The zero-order chi connectivity index (χ0) is 27.8. The van der Waals surface area contributed by atoms with E-state index in [1.165, 1.54) is 5.56 Å². The molecule has 0 amide bonds. The molecule has 0 aliphatic heterocycles. The Bertz CT molecular complexity index is 1980. The molecule has 0 unspecified atom stereocenters. The first-order chi connectivity index (χ1) is 20.2. The fourth-order valence-corrected chi connectivity index (χ4v) is 5.44. The first-order valence-electron chi connectivity index (χ1n) is 13.4. The van der Waals surface area contributed by atoms with Crippen molar-refractivity contribution < 1.29 is 9.47 Å². The van der Waals surface area contributed by atoms with Gasteiger partial charge in [-0.2, -0.15) is 0 Å². The van der Waals surface area contributed by atoms with Crippen LogP contribution in [0.4, 0.5) is 0 Å². The zero-order valence-corrected chi connectivity index (χ0v) is 22.7. The van der Waals surface area contributed by atoms with Crippen LogP contribution in [0.2, 0.25) is 0 Å². The number of ether oxygens (including phenoxy) is 2. The van der Waals surface area contributed by atoms with Crippen LogP contribution in [0, 0.1) is 0 Å². The summed E-state index contributed by atoms with van der Waals surface area (Å²) < 4.78 is 15.0. The van der Waals surface area contributed by atoms with Crippen LogP contribution in [0.1, 0.15) is 5.56 Å². The average Bonchev–Trinajstić information content (AvgIpc) is 3.62. The van der Waals surface area contributed by atoms with Crippen LogP contribution in [0.25, 0.3) is 50.5 Å². The second-order valence-corrected chi connectivity index (χ2v) is 9.74. The molecule has 0 saturated carbocycles. The number of fused-ring (bicyclic) bond motifs is 3. The summed E-state index contributed by atoms with van der Waals surface area (Å²) >= 11 is 0. The topological polar surface area (TPSA) is 66.5 Å². The maximum Gasteiger partial charge on any atom is 0.182 e. The maximum atomic E-state index is 5.54. The van der Waals surface area contributed by atoms with Crippen LogP contribution >= 0.6 is 0 Å². The van der Waals surface area contributed by atoms with E-state index in [0.717, 1.165) is 44.6 Å². The van der Waals surface area contributed by atoms with Crippen LogP contribution < -0.4 is 9.47 Å². The van der Waals surface area contributed by atoms with Crippen LogP contribution in [0.3, 0.4) is 0 Å². The quantitative estimate of drug-likeness (QED) is 0.216. The van der Waals surface area contributed by atoms with Gasteiger partial charge in [-0.1, -0.05) is 91.0 Å². The minimum atomic E-state index is 0.580. The minimum absolute atomic E-state index is 0.580. The molecule has 4 aromatic carbocycles. The van der Waals surface area contributed by atoms with Crippen LogP contribution in [-0.4, -0.2) is 38.4 Å². The van der Waals surface area contributed by atoms with Gasteiger partial charge in [-0.25, -0.2) is 14.5 Å². The predicted molar refractivity (Wildman–Crippen MR) is 161 cm³/mol. The van der Waals surface area contributed by atoms with E-state index in [2.05, 4.69) is 77.4 Å². The average molecular weight is 538 g/mol. The van der Waals surface area contributed by atoms with Crippen molar-refractivity contribution >= 4 is 16.7 Å². The second-order valence-electron chi connectivity index (χ2n) is 9.74. The van der Waals surface area contributed by atoms with Gasteiger partial charge >= 0.3 is 0 Å². The van der Waals surface area contributed by atoms with Gasteiger partial charge in [0.15, 0.2) is 23.0 Å². The molecule has 0 aliphatic carbocycles. The fourth-order valence-electron chi connectivity index (χ4n) is 5.44. The summed E-state index contributed by atoms with van der Waals surface area (Å²) in [4.78, 5) is 10.1. The molecule has 0 aliphatic rings. The molecule has 0 fully saturated rings. The largest absolute Gasteiger partial charge is 0.493 e. The van der Waals surface area contributed by atoms with E-state index in [0.29, 0.717) is 23.9 Å². The van der Waals surface area contributed by atoms with E-state index < -0.39 is 0 Å². The van der Waals surface area contributed by atoms with Crippen molar-refractivity contribution in [3.63, 3.8) is 0 Å². The molecule has 41 heavy (non-hydrogen) atoms. The Morgan fingerprint density at radius 1 is 0.659 bits per heavy atom. The molecule has 7 rings (SSSR count). The summed E-state index contributed by atoms with van der Waals surface area (Å²) in [5.74, 6) is 1.86. The van der Waals surface area contributed by atoms with E-state index in [4.69, 9.17) is 24.5 Å². The summed E-state index contributed by atoms with van der Waals surface area (Å²) in [5, 5.41) is 5.78. The van der Waals surface area contributed by atoms with Gasteiger partial charge in [-0.05, 0) is 34.9 Å². The first kappa shape index (κ1) is 24.6. The van der Waals surface area contributed by atoms with Crippen LogP contribution in [0.5, 0.6) is 11.5 Å². The highest BCUT2D eigenvalue weighted by atomic mass is 16.5. The van der Waals surface area contributed by atoms with E-state index >= 15 is 0 Å². The third kappa shape index (κ3) is 4.28. The fraction of sp³-hybridized carbons (Fsp3) is 0.0882. The van der Waals surface area contributed by atoms with Gasteiger partial charge in [0, 0.05) is 17.7 Å². The number of nitrogens with zero attached hydrogens (tertiary/aromatic N) is 5. The van der Waals surface area contributed by atoms with Gasteiger partial charge in [0.1, 0.15) is 12.0 Å². The maximum absolute atomic E-state index is 5.54. The Morgan fingerprint density at radius 3 is 2.00 bits per heavy atom. The first-order valence-corrected chi connectivity index (χ1v) is 13.4. The number of benzene rings is 4. The highest BCUT2D eigenvalue weighted by Gasteiger charge is 2.25. The Labute approximate surface area is 237 Å². The normalized spacial score (nSPS) is 11.3. The third-order valence-electron chi connectivity index (χ3n) is 7.32. The summed E-state index contributed by atoms with van der Waals surface area (Å²) in [6, 6.07) is 37.1. The van der Waals surface area contributed by atoms with E-state index in [9.17, 15) is 0 Å². The summed E-state index contributed by atoms with van der Waals surface area (Å²) in [7, 11) is 3.25. The van der Waals surface area contributed by atoms with Gasteiger partial charge in [-0.15, -0.1) is 5.10 Å². The highest BCUT2D eigenvalue weighted by molar-refractivity contribution is 6.09. The lowest BCUT2D eigenvalue weighted by Gasteiger charge is -2.13. The molecule has 7 heteroatoms. The van der Waals surface area contributed by atoms with Gasteiger partial charge in [0.2, 0.25) is 0 Å². The lowest BCUT2D eigenvalue weighted by Crippen LogP contribution is -2.03. The summed E-state index contributed by atoms with van der Waals surface area (Å²) in [6.07, 6.45) is 1.75. The van der Waals surface area contributed by atoms with Gasteiger partial charge in [-0.3, -0.25) is 0 Å². The van der Waals surface area contributed by atoms with Gasteiger partial charge in [0.05, 0.1) is 25.3 Å². The molecule has 7 nitrogen and oxygen atoms in total. The third-order valence-corrected chi connectivity index (χ3v) is 7.32. The molecule has 200 valence electrons. The minimum Gasteiger partial charge on any atom is -0.493 e. The lowest BCUT2D eigenvalue weighted by molar-refractivity contribution is 0.355. The Morgan fingerprint density at radius 2 is 1.32 bits per heavy atom. The molecular weight excluding hydrogens is 510 g/mol. The molecule has 0 atom stereocenters. The molecule has 0 radical (unpaired) electrons. The van der Waals surface area contributed by atoms with Gasteiger partial charge in [0.25, 0.3) is 0 Å². The van der Waals surface area contributed by atoms with E-state index in [1.807, 2.05) is 36.4 Å². The summed E-state index contributed by atoms with van der Waals surface area (Å²) in [5.41, 5.74) is 7.97. The molecule has 3 heterocycles. The zero-order valence-electron chi connectivity index (χ0n) is 22.7. The number of hydrogen-bond acceptors (Lipinski definition) is 5. The van der Waals surface area contributed by atoms with Crippen molar-refractivity contribution in [3.8, 4) is 45.3 Å². The van der Waals surface area contributed by atoms with Crippen molar-refractivity contribution in [3.05, 3.63) is 121 Å². The highest BCUT2D eigenvalue weighted by Crippen LogP contribution is 2.42. The SMILES string of the molecule is COc1ccc(-c2nc3c4c(-c5ccccc5)c(-c5ccccc5)n(Cc5ccccc5)c4ncn3n2)cc1OC. The smallest absolute Gasteiger partial charge is 0.182 e. The van der Waals surface area contributed by atoms with Crippen LogP contribution in [0.15, 0.2) is 116 Å². The Balaban J connectivity index is 1.55. The molecule has 7 aromatic rings. The number of aromatic nitrogens is 5. The predicted octanol–water partition coefficient (Wildman–Crippen LogP) is 7.15. The van der Waals surface area contributed by atoms with Crippen molar-refractivity contribution in [2.24, 2.45) is 0 Å². The molecule has 0 saturated heterocycles. The van der Waals surface area contributed by atoms with E-state index in [-0.39, 0.29) is 0 Å². The molecule has 0 spiro atoms. The van der Waals surface area contributed by atoms with E-state index in [1.54, 1.807) is 25.1 Å². The number of rotatable bonds is 7. The Kier molecular flexibility index (Phi) is 6.17. The van der Waals surface area contributed by atoms with Crippen LogP contribution in [-0.2, 0) is 6.54 Å². The molecule has 3 aromatic heterocycles. The monoisotopic (exact) mass is 537 g/mol. The molecular formula is C34H27N5O2. The molecule has 0 bridgehead atoms. The van der Waals surface area contributed by atoms with Gasteiger partial charge < -0.3 is 14.0 Å². The van der Waals surface area contributed by atoms with Crippen molar-refractivity contribution in [1.29, 1.82) is 0 Å². The van der Waals surface area contributed by atoms with Crippen molar-refractivity contribution in [2.45, 2.75) is 6.54 Å². The number of methoxy groups -OCH3 is 2. The van der Waals surface area contributed by atoms with Crippen molar-refractivity contribution in [2.75, 3.05) is 14.2 Å². The lowest BCUT2D eigenvalue weighted by atomic mass is 9.99. The number of hydrogen-bond donors (Lipinski definition) is 0. The second kappa shape index (κ2) is 10.3. The molecule has 0 N–H and O–H groups in total. The summed E-state index contributed by atoms with van der Waals surface area (Å²) in [6.45, 7) is 0.661.